The van der Waals surface area contributed by atoms with Crippen molar-refractivity contribution < 1.29 is 4.74 Å². The second kappa shape index (κ2) is 5.63. The van der Waals surface area contributed by atoms with Gasteiger partial charge in [0.15, 0.2) is 0 Å². The highest BCUT2D eigenvalue weighted by atomic mass is 35.5. The third-order valence-corrected chi connectivity index (χ3v) is 4.37. The fourth-order valence-electron chi connectivity index (χ4n) is 2.73. The standard InChI is InChI=1S/C16H21ClN2O/c1-16(2,3)19-9-11(8-18)14(10-19)13-6-5-12(20-4)7-15(13)17/h5-7,11,14H,9-10H2,1-4H3/t11-,14-/m1/s1. The van der Waals surface area contributed by atoms with Crippen molar-refractivity contribution in [3.05, 3.63) is 28.8 Å². The van der Waals surface area contributed by atoms with E-state index in [0.717, 1.165) is 24.4 Å². The van der Waals surface area contributed by atoms with Crippen LogP contribution in [0.25, 0.3) is 0 Å². The van der Waals surface area contributed by atoms with Gasteiger partial charge < -0.3 is 4.74 Å². The molecule has 0 unspecified atom stereocenters. The van der Waals surface area contributed by atoms with Gasteiger partial charge in [-0.1, -0.05) is 17.7 Å². The fraction of sp³-hybridized carbons (Fsp3) is 0.562. The second-order valence-corrected chi connectivity index (χ2v) is 6.71. The maximum Gasteiger partial charge on any atom is 0.120 e. The van der Waals surface area contributed by atoms with Crippen LogP contribution >= 0.6 is 11.6 Å². The van der Waals surface area contributed by atoms with Crippen LogP contribution < -0.4 is 4.74 Å². The van der Waals surface area contributed by atoms with Crippen LogP contribution in [0.2, 0.25) is 5.02 Å². The Hall–Kier alpha value is -1.24. The molecule has 0 saturated carbocycles. The topological polar surface area (TPSA) is 36.3 Å². The molecule has 0 bridgehead atoms. The lowest BCUT2D eigenvalue weighted by molar-refractivity contribution is 0.170. The lowest BCUT2D eigenvalue weighted by Crippen LogP contribution is -2.39. The first-order valence-electron chi connectivity index (χ1n) is 6.85. The minimum Gasteiger partial charge on any atom is -0.497 e. The highest BCUT2D eigenvalue weighted by Crippen LogP contribution is 2.39. The highest BCUT2D eigenvalue weighted by molar-refractivity contribution is 6.31. The van der Waals surface area contributed by atoms with Crippen LogP contribution in [0.3, 0.4) is 0 Å². The zero-order chi connectivity index (χ0) is 14.9. The Morgan fingerprint density at radius 3 is 2.55 bits per heavy atom. The first-order chi connectivity index (χ1) is 9.36. The third kappa shape index (κ3) is 2.92. The number of methoxy groups -OCH3 is 1. The fourth-order valence-corrected chi connectivity index (χ4v) is 3.04. The molecule has 1 aromatic rings. The van der Waals surface area contributed by atoms with Gasteiger partial charge in [0.25, 0.3) is 0 Å². The molecule has 1 aromatic carbocycles. The lowest BCUT2D eigenvalue weighted by atomic mass is 9.90. The van der Waals surface area contributed by atoms with Crippen molar-refractivity contribution in [2.24, 2.45) is 5.92 Å². The van der Waals surface area contributed by atoms with E-state index in [4.69, 9.17) is 16.3 Å². The molecular formula is C16H21ClN2O. The molecule has 108 valence electrons. The largest absolute Gasteiger partial charge is 0.497 e. The van der Waals surface area contributed by atoms with E-state index in [0.29, 0.717) is 5.02 Å². The van der Waals surface area contributed by atoms with Gasteiger partial charge in [0.1, 0.15) is 5.75 Å². The van der Waals surface area contributed by atoms with Crippen LogP contribution in [0.15, 0.2) is 18.2 Å². The van der Waals surface area contributed by atoms with Crippen molar-refractivity contribution in [2.45, 2.75) is 32.2 Å². The van der Waals surface area contributed by atoms with Crippen LogP contribution in [0.5, 0.6) is 5.75 Å². The van der Waals surface area contributed by atoms with Gasteiger partial charge in [-0.05, 0) is 38.5 Å². The number of hydrogen-bond donors (Lipinski definition) is 0. The summed E-state index contributed by atoms with van der Waals surface area (Å²) in [6.45, 7) is 8.21. The van der Waals surface area contributed by atoms with Crippen LogP contribution in [0.1, 0.15) is 32.3 Å². The van der Waals surface area contributed by atoms with Gasteiger partial charge in [0.2, 0.25) is 0 Å². The lowest BCUT2D eigenvalue weighted by Gasteiger charge is -2.31. The van der Waals surface area contributed by atoms with Crippen molar-refractivity contribution >= 4 is 11.6 Å². The van der Waals surface area contributed by atoms with Crippen LogP contribution in [0.4, 0.5) is 0 Å². The smallest absolute Gasteiger partial charge is 0.120 e. The van der Waals surface area contributed by atoms with Gasteiger partial charge in [0, 0.05) is 29.6 Å². The molecule has 0 radical (unpaired) electrons. The van der Waals surface area contributed by atoms with Gasteiger partial charge >= 0.3 is 0 Å². The molecule has 1 aliphatic rings. The molecule has 0 amide bonds. The molecule has 20 heavy (non-hydrogen) atoms. The molecule has 0 aromatic heterocycles. The van der Waals surface area contributed by atoms with E-state index in [9.17, 15) is 5.26 Å². The van der Waals surface area contributed by atoms with E-state index in [1.807, 2.05) is 18.2 Å². The number of likely N-dealkylation sites (tertiary alicyclic amines) is 1. The Morgan fingerprint density at radius 1 is 1.35 bits per heavy atom. The first kappa shape index (κ1) is 15.2. The SMILES string of the molecule is COc1ccc([C@@H]2CN(C(C)(C)C)C[C@H]2C#N)c(Cl)c1. The molecule has 2 rings (SSSR count). The third-order valence-electron chi connectivity index (χ3n) is 4.04. The zero-order valence-electron chi connectivity index (χ0n) is 12.5. The summed E-state index contributed by atoms with van der Waals surface area (Å²) in [5, 5.41) is 10.1. The quantitative estimate of drug-likeness (QED) is 0.834. The number of halogens is 1. The maximum absolute atomic E-state index is 9.43. The van der Waals surface area contributed by atoms with Crippen molar-refractivity contribution in [1.82, 2.24) is 4.90 Å². The first-order valence-corrected chi connectivity index (χ1v) is 7.22. The summed E-state index contributed by atoms with van der Waals surface area (Å²) < 4.78 is 5.18. The Balaban J connectivity index is 2.30. The summed E-state index contributed by atoms with van der Waals surface area (Å²) in [7, 11) is 1.63. The Morgan fingerprint density at radius 2 is 2.05 bits per heavy atom. The maximum atomic E-state index is 9.43. The summed E-state index contributed by atoms with van der Waals surface area (Å²) in [6, 6.07) is 8.16. The number of nitrogens with zero attached hydrogens (tertiary/aromatic N) is 2. The van der Waals surface area contributed by atoms with Crippen LogP contribution in [0, 0.1) is 17.2 Å². The normalized spacial score (nSPS) is 23.6. The Kier molecular flexibility index (Phi) is 4.27. The zero-order valence-corrected chi connectivity index (χ0v) is 13.2. The van der Waals surface area contributed by atoms with E-state index in [1.165, 1.54) is 0 Å². The molecule has 0 N–H and O–H groups in total. The van der Waals surface area contributed by atoms with Crippen molar-refractivity contribution in [3.63, 3.8) is 0 Å². The molecule has 2 atom stereocenters. The molecule has 1 heterocycles. The number of rotatable bonds is 2. The predicted octanol–water partition coefficient (Wildman–Crippen LogP) is 3.69. The van der Waals surface area contributed by atoms with Crippen molar-refractivity contribution in [1.29, 1.82) is 5.26 Å². The predicted molar refractivity (Wildman–Crippen MR) is 81.2 cm³/mol. The molecule has 4 heteroatoms. The number of benzene rings is 1. The number of hydrogen-bond acceptors (Lipinski definition) is 3. The minimum absolute atomic E-state index is 0.0138. The molecule has 1 fully saturated rings. The number of nitriles is 1. The van der Waals surface area contributed by atoms with E-state index in [1.54, 1.807) is 7.11 Å². The van der Waals surface area contributed by atoms with Gasteiger partial charge in [-0.2, -0.15) is 5.26 Å². The number of ether oxygens (including phenoxy) is 1. The monoisotopic (exact) mass is 292 g/mol. The van der Waals surface area contributed by atoms with Gasteiger partial charge in [-0.25, -0.2) is 0 Å². The van der Waals surface area contributed by atoms with Crippen LogP contribution in [-0.2, 0) is 0 Å². The van der Waals surface area contributed by atoms with Gasteiger partial charge in [-0.15, -0.1) is 0 Å². The van der Waals surface area contributed by atoms with E-state index in [-0.39, 0.29) is 17.4 Å². The molecule has 0 aliphatic carbocycles. The Labute approximate surface area is 126 Å². The summed E-state index contributed by atoms with van der Waals surface area (Å²) in [4.78, 5) is 2.35. The average Bonchev–Trinajstić information content (AvgIpc) is 2.82. The second-order valence-electron chi connectivity index (χ2n) is 6.31. The molecule has 1 saturated heterocycles. The molecule has 0 spiro atoms. The Bertz CT molecular complexity index is 530. The summed E-state index contributed by atoms with van der Waals surface area (Å²) >= 11 is 6.36. The van der Waals surface area contributed by atoms with E-state index >= 15 is 0 Å². The van der Waals surface area contributed by atoms with Crippen molar-refractivity contribution in [2.75, 3.05) is 20.2 Å². The molecule has 1 aliphatic heterocycles. The molecular weight excluding hydrogens is 272 g/mol. The van der Waals surface area contributed by atoms with E-state index < -0.39 is 0 Å². The van der Waals surface area contributed by atoms with Crippen molar-refractivity contribution in [3.8, 4) is 11.8 Å². The summed E-state index contributed by atoms with van der Waals surface area (Å²) in [6.07, 6.45) is 0. The van der Waals surface area contributed by atoms with Crippen LogP contribution in [-0.4, -0.2) is 30.6 Å². The highest BCUT2D eigenvalue weighted by Gasteiger charge is 2.39. The molecule has 3 nitrogen and oxygen atoms in total. The van der Waals surface area contributed by atoms with Gasteiger partial charge in [0.05, 0.1) is 19.1 Å². The average molecular weight is 293 g/mol. The summed E-state index contributed by atoms with van der Waals surface area (Å²) in [5.41, 5.74) is 1.12. The van der Waals surface area contributed by atoms with E-state index in [2.05, 4.69) is 31.7 Å². The van der Waals surface area contributed by atoms with Gasteiger partial charge in [-0.3, -0.25) is 4.90 Å². The summed E-state index contributed by atoms with van der Waals surface area (Å²) in [5.74, 6) is 0.899. The minimum atomic E-state index is -0.0138.